The van der Waals surface area contributed by atoms with Crippen LogP contribution in [0.15, 0.2) is 24.5 Å². The van der Waals surface area contributed by atoms with E-state index in [0.29, 0.717) is 12.8 Å². The minimum atomic E-state index is -0.820. The third kappa shape index (κ3) is 2.81. The van der Waals surface area contributed by atoms with Gasteiger partial charge in [-0.25, -0.2) is 0 Å². The normalized spacial score (nSPS) is 16.2. The van der Waals surface area contributed by atoms with Crippen molar-refractivity contribution in [1.82, 2.24) is 10.3 Å². The number of hydrogen-bond donors (Lipinski definition) is 2. The first kappa shape index (κ1) is 11.6. The van der Waals surface area contributed by atoms with E-state index in [-0.39, 0.29) is 18.9 Å². The van der Waals surface area contributed by atoms with Crippen molar-refractivity contribution in [3.8, 4) is 0 Å². The molecule has 17 heavy (non-hydrogen) atoms. The summed E-state index contributed by atoms with van der Waals surface area (Å²) in [6.07, 6.45) is 4.81. The molecule has 2 N–H and O–H groups in total. The third-order valence-corrected chi connectivity index (χ3v) is 3.02. The highest BCUT2D eigenvalue weighted by Gasteiger charge is 2.50. The molecule has 1 aliphatic carbocycles. The van der Waals surface area contributed by atoms with Gasteiger partial charge in [-0.1, -0.05) is 6.07 Å². The second kappa shape index (κ2) is 4.53. The molecule has 0 bridgehead atoms. The summed E-state index contributed by atoms with van der Waals surface area (Å²) >= 11 is 0. The van der Waals surface area contributed by atoms with E-state index in [1.165, 1.54) is 0 Å². The molecule has 0 atom stereocenters. The number of carbonyl (C=O) groups is 2. The molecule has 5 nitrogen and oxygen atoms in total. The Hall–Kier alpha value is -1.91. The first-order valence-electron chi connectivity index (χ1n) is 5.51. The first-order chi connectivity index (χ1) is 8.12. The molecule has 1 aromatic rings. The van der Waals surface area contributed by atoms with Gasteiger partial charge in [-0.2, -0.15) is 0 Å². The van der Waals surface area contributed by atoms with Crippen molar-refractivity contribution in [3.05, 3.63) is 30.1 Å². The Morgan fingerprint density at radius 1 is 1.47 bits per heavy atom. The quantitative estimate of drug-likeness (QED) is 0.782. The van der Waals surface area contributed by atoms with Crippen LogP contribution in [0.3, 0.4) is 0 Å². The zero-order valence-electron chi connectivity index (χ0n) is 9.35. The highest BCUT2D eigenvalue weighted by molar-refractivity contribution is 5.81. The van der Waals surface area contributed by atoms with Crippen molar-refractivity contribution in [2.45, 2.75) is 19.3 Å². The van der Waals surface area contributed by atoms with Gasteiger partial charge in [0.2, 0.25) is 5.91 Å². The Bertz CT molecular complexity index is 427. The largest absolute Gasteiger partial charge is 0.481 e. The molecule has 0 aromatic carbocycles. The number of carboxylic acids is 1. The van der Waals surface area contributed by atoms with Gasteiger partial charge in [-0.3, -0.25) is 14.6 Å². The summed E-state index contributed by atoms with van der Waals surface area (Å²) in [7, 11) is 0. The molecule has 1 fully saturated rings. The van der Waals surface area contributed by atoms with Crippen LogP contribution < -0.4 is 5.32 Å². The van der Waals surface area contributed by atoms with Gasteiger partial charge >= 0.3 is 5.97 Å². The molecule has 1 aromatic heterocycles. The Kier molecular flexibility index (Phi) is 3.08. The van der Waals surface area contributed by atoms with Crippen LogP contribution in [0, 0.1) is 5.41 Å². The zero-order chi connectivity index (χ0) is 12.3. The first-order valence-corrected chi connectivity index (χ1v) is 5.51. The smallest absolute Gasteiger partial charge is 0.311 e. The summed E-state index contributed by atoms with van der Waals surface area (Å²) in [6.45, 7) is 0.224. The number of carboxylic acid groups (broad SMARTS) is 1. The monoisotopic (exact) mass is 234 g/mol. The van der Waals surface area contributed by atoms with Gasteiger partial charge in [-0.15, -0.1) is 0 Å². The van der Waals surface area contributed by atoms with E-state index in [9.17, 15) is 9.59 Å². The van der Waals surface area contributed by atoms with Crippen molar-refractivity contribution in [2.24, 2.45) is 5.41 Å². The summed E-state index contributed by atoms with van der Waals surface area (Å²) in [5, 5.41) is 11.6. The van der Waals surface area contributed by atoms with Crippen LogP contribution in [0.4, 0.5) is 0 Å². The van der Waals surface area contributed by atoms with Crippen molar-refractivity contribution >= 4 is 11.9 Å². The Morgan fingerprint density at radius 2 is 2.24 bits per heavy atom. The second-order valence-corrected chi connectivity index (χ2v) is 4.40. The zero-order valence-corrected chi connectivity index (χ0v) is 9.35. The lowest BCUT2D eigenvalue weighted by atomic mass is 10.1. The van der Waals surface area contributed by atoms with E-state index in [1.807, 2.05) is 6.07 Å². The third-order valence-electron chi connectivity index (χ3n) is 3.02. The van der Waals surface area contributed by atoms with Crippen molar-refractivity contribution in [2.75, 3.05) is 6.54 Å². The highest BCUT2D eigenvalue weighted by atomic mass is 16.4. The number of aromatic nitrogens is 1. The minimum Gasteiger partial charge on any atom is -0.481 e. The number of hydrogen-bond acceptors (Lipinski definition) is 3. The standard InChI is InChI=1S/C12H14N2O3/c15-10(6-9-2-1-5-13-7-9)14-8-12(3-4-12)11(16)17/h1-2,5,7H,3-4,6,8H2,(H,14,15)(H,16,17). The Morgan fingerprint density at radius 3 is 2.76 bits per heavy atom. The number of carbonyl (C=O) groups excluding carboxylic acids is 1. The second-order valence-electron chi connectivity index (χ2n) is 4.40. The number of amides is 1. The van der Waals surface area contributed by atoms with Crippen LogP contribution in [0.1, 0.15) is 18.4 Å². The fourth-order valence-corrected chi connectivity index (χ4v) is 1.64. The highest BCUT2D eigenvalue weighted by Crippen LogP contribution is 2.45. The van der Waals surface area contributed by atoms with Crippen LogP contribution in [0.5, 0.6) is 0 Å². The molecule has 1 saturated carbocycles. The van der Waals surface area contributed by atoms with Crippen molar-refractivity contribution in [3.63, 3.8) is 0 Å². The molecule has 90 valence electrons. The van der Waals surface area contributed by atoms with Gasteiger partial charge in [0.15, 0.2) is 0 Å². The number of aliphatic carboxylic acids is 1. The van der Waals surface area contributed by atoms with Gasteiger partial charge in [-0.05, 0) is 24.5 Å². The van der Waals surface area contributed by atoms with Gasteiger partial charge in [0, 0.05) is 18.9 Å². The summed E-state index contributed by atoms with van der Waals surface area (Å²) < 4.78 is 0. The Balaban J connectivity index is 1.81. The van der Waals surface area contributed by atoms with Gasteiger partial charge in [0.25, 0.3) is 0 Å². The SMILES string of the molecule is O=C(Cc1cccnc1)NCC1(C(=O)O)CC1. The molecule has 0 unspecified atom stereocenters. The molecule has 5 heteroatoms. The van der Waals surface area contributed by atoms with Crippen LogP contribution in [-0.4, -0.2) is 28.5 Å². The van der Waals surface area contributed by atoms with E-state index < -0.39 is 11.4 Å². The minimum absolute atomic E-state index is 0.162. The molecule has 0 saturated heterocycles. The average Bonchev–Trinajstić information content (AvgIpc) is 3.09. The molecule has 0 spiro atoms. The van der Waals surface area contributed by atoms with Crippen molar-refractivity contribution in [1.29, 1.82) is 0 Å². The molecule has 0 radical (unpaired) electrons. The summed E-state index contributed by atoms with van der Waals surface area (Å²) in [5.74, 6) is -0.982. The number of nitrogens with zero attached hydrogens (tertiary/aromatic N) is 1. The molecular weight excluding hydrogens is 220 g/mol. The Labute approximate surface area is 98.9 Å². The summed E-state index contributed by atoms with van der Waals surface area (Å²) in [6, 6.07) is 3.58. The summed E-state index contributed by atoms with van der Waals surface area (Å²) in [4.78, 5) is 26.4. The topological polar surface area (TPSA) is 79.3 Å². The number of nitrogens with one attached hydrogen (secondary N) is 1. The fourth-order valence-electron chi connectivity index (χ4n) is 1.64. The van der Waals surface area contributed by atoms with E-state index in [1.54, 1.807) is 18.5 Å². The maximum absolute atomic E-state index is 11.6. The van der Waals surface area contributed by atoms with E-state index in [0.717, 1.165) is 5.56 Å². The van der Waals surface area contributed by atoms with Gasteiger partial charge < -0.3 is 10.4 Å². The van der Waals surface area contributed by atoms with E-state index in [4.69, 9.17) is 5.11 Å². The van der Waals surface area contributed by atoms with Crippen molar-refractivity contribution < 1.29 is 14.7 Å². The summed E-state index contributed by atoms with van der Waals surface area (Å²) in [5.41, 5.74) is 0.120. The molecule has 1 amide bonds. The predicted octanol–water partition coefficient (Wildman–Crippen LogP) is 0.605. The average molecular weight is 234 g/mol. The lowest BCUT2D eigenvalue weighted by molar-refractivity contribution is -0.143. The van der Waals surface area contributed by atoms with Crippen LogP contribution in [0.25, 0.3) is 0 Å². The molecule has 1 aliphatic rings. The fraction of sp³-hybridized carbons (Fsp3) is 0.417. The van der Waals surface area contributed by atoms with E-state index >= 15 is 0 Å². The van der Waals surface area contributed by atoms with Gasteiger partial charge in [0.1, 0.15) is 0 Å². The lowest BCUT2D eigenvalue weighted by Crippen LogP contribution is -2.35. The molecular formula is C12H14N2O3. The number of pyridine rings is 1. The van der Waals surface area contributed by atoms with Crippen LogP contribution in [-0.2, 0) is 16.0 Å². The predicted molar refractivity (Wildman–Crippen MR) is 60.3 cm³/mol. The van der Waals surface area contributed by atoms with Crippen LogP contribution in [0.2, 0.25) is 0 Å². The maximum Gasteiger partial charge on any atom is 0.311 e. The van der Waals surface area contributed by atoms with E-state index in [2.05, 4.69) is 10.3 Å². The maximum atomic E-state index is 11.6. The molecule has 0 aliphatic heterocycles. The molecule has 2 rings (SSSR count). The lowest BCUT2D eigenvalue weighted by Gasteiger charge is -2.10. The van der Waals surface area contributed by atoms with Gasteiger partial charge in [0.05, 0.1) is 11.8 Å². The molecule has 1 heterocycles. The van der Waals surface area contributed by atoms with Crippen LogP contribution >= 0.6 is 0 Å². The number of rotatable bonds is 5.